The van der Waals surface area contributed by atoms with E-state index in [1.165, 1.54) is 32.1 Å². The highest BCUT2D eigenvalue weighted by molar-refractivity contribution is 5.56. The molecular formula is C12H25NO3. The molecule has 96 valence electrons. The Morgan fingerprint density at radius 2 is 1.69 bits per heavy atom. The number of hydrogen-bond acceptors (Lipinski definition) is 3. The van der Waals surface area contributed by atoms with E-state index in [0.717, 1.165) is 25.9 Å². The zero-order valence-corrected chi connectivity index (χ0v) is 10.3. The van der Waals surface area contributed by atoms with Gasteiger partial charge < -0.3 is 15.2 Å². The Hall–Kier alpha value is -0.770. The summed E-state index contributed by atoms with van der Waals surface area (Å²) in [4.78, 5) is 10.0. The molecule has 16 heavy (non-hydrogen) atoms. The molecule has 0 atom stereocenters. The quantitative estimate of drug-likeness (QED) is 0.424. The summed E-state index contributed by atoms with van der Waals surface area (Å²) in [5, 5.41) is 11.6. The van der Waals surface area contributed by atoms with Crippen LogP contribution in [0.4, 0.5) is 4.79 Å². The van der Waals surface area contributed by atoms with Crippen molar-refractivity contribution in [3.05, 3.63) is 0 Å². The molecule has 0 aliphatic heterocycles. The molecule has 0 aromatic carbocycles. The smallest absolute Gasteiger partial charge is 0.450 e. The fraction of sp³-hybridized carbons (Fsp3) is 0.917. The first kappa shape index (κ1) is 15.2. The first-order valence-electron chi connectivity index (χ1n) is 6.33. The molecule has 0 amide bonds. The minimum Gasteiger partial charge on any atom is -0.450 e. The van der Waals surface area contributed by atoms with Gasteiger partial charge >= 0.3 is 6.16 Å². The maximum Gasteiger partial charge on any atom is 0.505 e. The lowest BCUT2D eigenvalue weighted by Crippen LogP contribution is -2.16. The normalized spacial score (nSPS) is 10.3. The van der Waals surface area contributed by atoms with Crippen LogP contribution in [0.5, 0.6) is 0 Å². The Morgan fingerprint density at radius 3 is 2.38 bits per heavy atom. The molecule has 0 fully saturated rings. The lowest BCUT2D eigenvalue weighted by atomic mass is 10.1. The summed E-state index contributed by atoms with van der Waals surface area (Å²) < 4.78 is 4.42. The number of unbranched alkanes of at least 4 members (excludes halogenated alkanes) is 5. The maximum atomic E-state index is 10.0. The summed E-state index contributed by atoms with van der Waals surface area (Å²) in [6.45, 7) is 4.76. The summed E-state index contributed by atoms with van der Waals surface area (Å²) in [6, 6.07) is 0. The second-order valence-electron chi connectivity index (χ2n) is 3.99. The van der Waals surface area contributed by atoms with Gasteiger partial charge in [0.15, 0.2) is 0 Å². The maximum absolute atomic E-state index is 10.0. The van der Waals surface area contributed by atoms with E-state index in [2.05, 4.69) is 17.0 Å². The Kier molecular flexibility index (Phi) is 11.7. The monoisotopic (exact) mass is 231 g/mol. The predicted octanol–water partition coefficient (Wildman–Crippen LogP) is 3.02. The zero-order chi connectivity index (χ0) is 12.1. The minimum absolute atomic E-state index is 0.337. The van der Waals surface area contributed by atoms with Crippen molar-refractivity contribution in [1.82, 2.24) is 5.32 Å². The average Bonchev–Trinajstić information content (AvgIpc) is 2.25. The molecule has 0 spiro atoms. The molecule has 0 aromatic rings. The SMILES string of the molecule is CCCCNCCCCCCCOC(=O)O. The van der Waals surface area contributed by atoms with Gasteiger partial charge in [0, 0.05) is 0 Å². The third-order valence-electron chi connectivity index (χ3n) is 2.43. The average molecular weight is 231 g/mol. The van der Waals surface area contributed by atoms with Crippen molar-refractivity contribution in [2.45, 2.75) is 51.9 Å². The second kappa shape index (κ2) is 12.3. The second-order valence-corrected chi connectivity index (χ2v) is 3.99. The van der Waals surface area contributed by atoms with E-state index in [1.807, 2.05) is 0 Å². The van der Waals surface area contributed by atoms with Crippen LogP contribution in [-0.2, 0) is 4.74 Å². The third kappa shape index (κ3) is 13.2. The molecule has 4 heteroatoms. The van der Waals surface area contributed by atoms with Crippen molar-refractivity contribution in [1.29, 1.82) is 0 Å². The number of rotatable bonds is 11. The zero-order valence-electron chi connectivity index (χ0n) is 10.3. The first-order chi connectivity index (χ1) is 7.77. The number of carbonyl (C=O) groups is 1. The molecule has 0 radical (unpaired) electrons. The third-order valence-corrected chi connectivity index (χ3v) is 2.43. The highest BCUT2D eigenvalue weighted by Gasteiger charge is 1.95. The highest BCUT2D eigenvalue weighted by atomic mass is 16.7. The van der Waals surface area contributed by atoms with Gasteiger partial charge in [0.1, 0.15) is 0 Å². The molecule has 0 aromatic heterocycles. The molecule has 0 heterocycles. The van der Waals surface area contributed by atoms with Gasteiger partial charge in [-0.15, -0.1) is 0 Å². The summed E-state index contributed by atoms with van der Waals surface area (Å²) >= 11 is 0. The molecule has 4 nitrogen and oxygen atoms in total. The molecule has 0 rings (SSSR count). The van der Waals surface area contributed by atoms with E-state index in [1.54, 1.807) is 0 Å². The Morgan fingerprint density at radius 1 is 1.06 bits per heavy atom. The highest BCUT2D eigenvalue weighted by Crippen LogP contribution is 2.02. The van der Waals surface area contributed by atoms with Gasteiger partial charge in [-0.25, -0.2) is 4.79 Å². The molecule has 0 bridgehead atoms. The van der Waals surface area contributed by atoms with Gasteiger partial charge in [0.25, 0.3) is 0 Å². The standard InChI is InChI=1S/C12H25NO3/c1-2-3-9-13-10-7-5-4-6-8-11-16-12(14)15/h13H,2-11H2,1H3,(H,14,15). The number of nitrogens with one attached hydrogen (secondary N) is 1. The van der Waals surface area contributed by atoms with E-state index < -0.39 is 6.16 Å². The molecule has 0 saturated carbocycles. The number of carboxylic acid groups (broad SMARTS) is 1. The van der Waals surface area contributed by atoms with Crippen molar-refractivity contribution in [2.75, 3.05) is 19.7 Å². The number of hydrogen-bond donors (Lipinski definition) is 2. The molecule has 0 aliphatic rings. The van der Waals surface area contributed by atoms with Crippen molar-refractivity contribution in [3.8, 4) is 0 Å². The van der Waals surface area contributed by atoms with E-state index in [9.17, 15) is 4.79 Å². The summed E-state index contributed by atoms with van der Waals surface area (Å²) in [5.41, 5.74) is 0. The Bertz CT molecular complexity index is 162. The van der Waals surface area contributed by atoms with Crippen LogP contribution in [0, 0.1) is 0 Å². The summed E-state index contributed by atoms with van der Waals surface area (Å²) in [7, 11) is 0. The van der Waals surface area contributed by atoms with Crippen LogP contribution in [0.3, 0.4) is 0 Å². The fourth-order valence-corrected chi connectivity index (χ4v) is 1.47. The lowest BCUT2D eigenvalue weighted by Gasteiger charge is -2.03. The van der Waals surface area contributed by atoms with Gasteiger partial charge in [-0.1, -0.05) is 32.6 Å². The van der Waals surface area contributed by atoms with E-state index in [0.29, 0.717) is 6.61 Å². The molecule has 2 N–H and O–H groups in total. The van der Waals surface area contributed by atoms with Crippen LogP contribution < -0.4 is 5.32 Å². The first-order valence-corrected chi connectivity index (χ1v) is 6.33. The fourth-order valence-electron chi connectivity index (χ4n) is 1.47. The lowest BCUT2D eigenvalue weighted by molar-refractivity contribution is 0.0899. The largest absolute Gasteiger partial charge is 0.505 e. The van der Waals surface area contributed by atoms with E-state index in [-0.39, 0.29) is 0 Å². The van der Waals surface area contributed by atoms with E-state index in [4.69, 9.17) is 5.11 Å². The Labute approximate surface area is 98.4 Å². The van der Waals surface area contributed by atoms with Crippen molar-refractivity contribution >= 4 is 6.16 Å². The van der Waals surface area contributed by atoms with Crippen LogP contribution >= 0.6 is 0 Å². The van der Waals surface area contributed by atoms with Crippen LogP contribution in [0.25, 0.3) is 0 Å². The van der Waals surface area contributed by atoms with Gasteiger partial charge in [-0.2, -0.15) is 0 Å². The topological polar surface area (TPSA) is 58.6 Å². The molecule has 0 aliphatic carbocycles. The van der Waals surface area contributed by atoms with Gasteiger partial charge in [-0.3, -0.25) is 0 Å². The van der Waals surface area contributed by atoms with Crippen LogP contribution in [0.15, 0.2) is 0 Å². The number of ether oxygens (including phenoxy) is 1. The van der Waals surface area contributed by atoms with Crippen LogP contribution in [0.1, 0.15) is 51.9 Å². The predicted molar refractivity (Wildman–Crippen MR) is 64.8 cm³/mol. The molecule has 0 unspecified atom stereocenters. The van der Waals surface area contributed by atoms with Gasteiger partial charge in [0.2, 0.25) is 0 Å². The van der Waals surface area contributed by atoms with Crippen molar-refractivity contribution in [3.63, 3.8) is 0 Å². The van der Waals surface area contributed by atoms with Crippen LogP contribution in [0.2, 0.25) is 0 Å². The molecular weight excluding hydrogens is 206 g/mol. The van der Waals surface area contributed by atoms with Crippen molar-refractivity contribution in [2.24, 2.45) is 0 Å². The van der Waals surface area contributed by atoms with Gasteiger partial charge in [0.05, 0.1) is 6.61 Å². The van der Waals surface area contributed by atoms with E-state index >= 15 is 0 Å². The molecule has 0 saturated heterocycles. The summed E-state index contributed by atoms with van der Waals surface area (Å²) in [6.07, 6.45) is 6.83. The van der Waals surface area contributed by atoms with Crippen molar-refractivity contribution < 1.29 is 14.6 Å². The van der Waals surface area contributed by atoms with Gasteiger partial charge in [-0.05, 0) is 32.4 Å². The Balaban J connectivity index is 2.90. The van der Waals surface area contributed by atoms with Crippen LogP contribution in [-0.4, -0.2) is 31.0 Å². The minimum atomic E-state index is -1.17. The summed E-state index contributed by atoms with van der Waals surface area (Å²) in [5.74, 6) is 0.